The van der Waals surface area contributed by atoms with Crippen LogP contribution in [0.1, 0.15) is 20.3 Å². The lowest BCUT2D eigenvalue weighted by Crippen LogP contribution is -2.42. The van der Waals surface area contributed by atoms with Crippen LogP contribution in [0.25, 0.3) is 0 Å². The highest BCUT2D eigenvalue weighted by Gasteiger charge is 2.28. The summed E-state index contributed by atoms with van der Waals surface area (Å²) in [4.78, 5) is 3.85. The highest BCUT2D eigenvalue weighted by Crippen LogP contribution is 2.30. The van der Waals surface area contributed by atoms with Crippen LogP contribution >= 0.6 is 23.2 Å². The van der Waals surface area contributed by atoms with Crippen molar-refractivity contribution in [3.63, 3.8) is 0 Å². The van der Waals surface area contributed by atoms with E-state index >= 15 is 0 Å². The van der Waals surface area contributed by atoms with Crippen LogP contribution in [0.3, 0.4) is 0 Å². The molecule has 0 aliphatic carbocycles. The molecular formula is C18H23Cl2F2N3O3. The molecule has 0 aromatic carbocycles. The zero-order valence-corrected chi connectivity index (χ0v) is 17.0. The lowest BCUT2D eigenvalue weighted by atomic mass is 10.1. The Kier molecular flexibility index (Phi) is 8.03. The summed E-state index contributed by atoms with van der Waals surface area (Å²) in [5.41, 5.74) is 0.105. The maximum Gasteiger partial charge on any atom is 0.346 e. The van der Waals surface area contributed by atoms with Gasteiger partial charge in [-0.25, -0.2) is 0 Å². The predicted octanol–water partition coefficient (Wildman–Crippen LogP) is 3.96. The molecule has 0 bridgehead atoms. The number of rotatable bonds is 5. The fourth-order valence-corrected chi connectivity index (χ4v) is 3.14. The van der Waals surface area contributed by atoms with Crippen molar-refractivity contribution in [2.45, 2.75) is 44.8 Å². The van der Waals surface area contributed by atoms with Crippen molar-refractivity contribution in [3.05, 3.63) is 46.4 Å². The third-order valence-electron chi connectivity index (χ3n) is 3.99. The zero-order valence-electron chi connectivity index (χ0n) is 15.5. The van der Waals surface area contributed by atoms with Crippen molar-refractivity contribution in [2.24, 2.45) is 0 Å². The van der Waals surface area contributed by atoms with Gasteiger partial charge in [-0.1, -0.05) is 35.9 Å². The van der Waals surface area contributed by atoms with Crippen LogP contribution in [0.2, 0.25) is 10.0 Å². The first-order chi connectivity index (χ1) is 13.1. The molecule has 1 aliphatic rings. The van der Waals surface area contributed by atoms with Gasteiger partial charge in [-0.3, -0.25) is 4.98 Å². The highest BCUT2D eigenvalue weighted by molar-refractivity contribution is 6.38. The third-order valence-corrected chi connectivity index (χ3v) is 4.57. The number of aromatic nitrogens is 1. The summed E-state index contributed by atoms with van der Waals surface area (Å²) in [6.07, 6.45) is 2.17. The van der Waals surface area contributed by atoms with Crippen molar-refractivity contribution in [2.75, 3.05) is 18.4 Å². The Morgan fingerprint density at radius 1 is 1.39 bits per heavy atom. The van der Waals surface area contributed by atoms with E-state index in [0.29, 0.717) is 17.8 Å². The molecule has 3 N–H and O–H groups in total. The first-order valence-corrected chi connectivity index (χ1v) is 9.29. The fraction of sp³-hybridized carbons (Fsp3) is 0.500. The number of hydrogen-bond donors (Lipinski definition) is 3. The monoisotopic (exact) mass is 437 g/mol. The minimum Gasteiger partial charge on any atom is -0.489 e. The van der Waals surface area contributed by atoms with Gasteiger partial charge in [-0.2, -0.15) is 8.78 Å². The number of aliphatic hydroxyl groups excluding tert-OH is 1. The van der Waals surface area contributed by atoms with Crippen LogP contribution in [-0.2, 0) is 9.47 Å². The van der Waals surface area contributed by atoms with Crippen LogP contribution in [0, 0.1) is 0 Å². The van der Waals surface area contributed by atoms with Crippen molar-refractivity contribution in [1.29, 1.82) is 0 Å². The minimum atomic E-state index is -2.98. The fourth-order valence-electron chi connectivity index (χ4n) is 2.67. The maximum atomic E-state index is 12.8. The van der Waals surface area contributed by atoms with Crippen molar-refractivity contribution in [3.8, 4) is 0 Å². The summed E-state index contributed by atoms with van der Waals surface area (Å²) in [5, 5.41) is 17.1. The van der Waals surface area contributed by atoms with Gasteiger partial charge in [-0.05, 0) is 25.8 Å². The molecule has 2 rings (SSSR count). The Morgan fingerprint density at radius 2 is 2.04 bits per heavy atom. The number of pyridine rings is 1. The van der Waals surface area contributed by atoms with E-state index in [2.05, 4.69) is 26.9 Å². The molecule has 0 saturated carbocycles. The van der Waals surface area contributed by atoms with Gasteiger partial charge in [0.1, 0.15) is 23.7 Å². The van der Waals surface area contributed by atoms with Crippen LogP contribution in [0.4, 0.5) is 14.5 Å². The minimum absolute atomic E-state index is 0.0345. The second kappa shape index (κ2) is 9.84. The van der Waals surface area contributed by atoms with Gasteiger partial charge in [0.2, 0.25) is 0 Å². The lowest BCUT2D eigenvalue weighted by Gasteiger charge is -2.32. The summed E-state index contributed by atoms with van der Waals surface area (Å²) < 4.78 is 35.9. The molecule has 0 spiro atoms. The summed E-state index contributed by atoms with van der Waals surface area (Å²) in [7, 11) is 0. The van der Waals surface area contributed by atoms with Gasteiger partial charge < -0.3 is 25.2 Å². The third kappa shape index (κ3) is 6.56. The molecule has 1 aromatic heterocycles. The average Bonchev–Trinajstić information content (AvgIpc) is 2.58. The topological polar surface area (TPSA) is 75.6 Å². The number of aliphatic hydroxyl groups is 1. The number of alkyl halides is 2. The van der Waals surface area contributed by atoms with Crippen LogP contribution in [0.15, 0.2) is 36.4 Å². The summed E-state index contributed by atoms with van der Waals surface area (Å²) in [6, 6.07) is 0. The first kappa shape index (κ1) is 22.8. The Balaban J connectivity index is 2.24. The first-order valence-electron chi connectivity index (χ1n) is 8.53. The van der Waals surface area contributed by atoms with Gasteiger partial charge in [-0.15, -0.1) is 0 Å². The number of ether oxygens (including phenoxy) is 2. The molecule has 1 aromatic rings. The largest absolute Gasteiger partial charge is 0.489 e. The molecule has 0 amide bonds. The van der Waals surface area contributed by atoms with E-state index in [-0.39, 0.29) is 28.8 Å². The van der Waals surface area contributed by atoms with Crippen molar-refractivity contribution in [1.82, 2.24) is 10.3 Å². The number of nitrogens with one attached hydrogen (secondary N) is 2. The Bertz CT molecular complexity index is 712. The van der Waals surface area contributed by atoms with E-state index in [1.54, 1.807) is 19.9 Å². The van der Waals surface area contributed by atoms with Crippen LogP contribution in [-0.4, -0.2) is 47.7 Å². The quantitative estimate of drug-likeness (QED) is 0.478. The molecule has 6 nitrogen and oxygen atoms in total. The Hall–Kier alpha value is -1.45. The number of hydrogen-bond acceptors (Lipinski definition) is 6. The molecule has 28 heavy (non-hydrogen) atoms. The van der Waals surface area contributed by atoms with E-state index in [9.17, 15) is 13.9 Å². The number of halogens is 4. The van der Waals surface area contributed by atoms with Crippen molar-refractivity contribution < 1.29 is 23.4 Å². The molecule has 0 fully saturated rings. The summed E-state index contributed by atoms with van der Waals surface area (Å²) in [5.74, 6) is 0.0901. The molecule has 10 heteroatoms. The number of nitrogens with zero attached hydrogens (tertiary/aromatic N) is 1. The van der Waals surface area contributed by atoms with E-state index in [1.807, 2.05) is 0 Å². The molecule has 156 valence electrons. The van der Waals surface area contributed by atoms with Gasteiger partial charge in [0.25, 0.3) is 0 Å². The summed E-state index contributed by atoms with van der Waals surface area (Å²) in [6.45, 7) is 4.98. The second-order valence-electron chi connectivity index (χ2n) is 6.86. The average molecular weight is 438 g/mol. The van der Waals surface area contributed by atoms with E-state index in [0.717, 1.165) is 0 Å². The molecule has 2 unspecified atom stereocenters. The summed E-state index contributed by atoms with van der Waals surface area (Å²) >= 11 is 12.1. The molecule has 0 saturated heterocycles. The van der Waals surface area contributed by atoms with Gasteiger partial charge in [0.15, 0.2) is 0 Å². The molecule has 1 aliphatic heterocycles. The predicted molar refractivity (Wildman–Crippen MR) is 105 cm³/mol. The van der Waals surface area contributed by atoms with Crippen LogP contribution in [0.5, 0.6) is 0 Å². The van der Waals surface area contributed by atoms with E-state index in [4.69, 9.17) is 27.9 Å². The SMILES string of the molecule is C=C1OC(C)(C)CNC/C(C(O)Nc2c(Cl)cncc2Cl)=C\CC1OC(F)F. The van der Waals surface area contributed by atoms with Gasteiger partial charge in [0.05, 0.1) is 15.7 Å². The molecule has 2 atom stereocenters. The lowest BCUT2D eigenvalue weighted by molar-refractivity contribution is -0.167. The zero-order chi connectivity index (χ0) is 20.9. The van der Waals surface area contributed by atoms with Gasteiger partial charge in [0, 0.05) is 25.5 Å². The van der Waals surface area contributed by atoms with E-state index in [1.165, 1.54) is 12.4 Å². The number of anilines is 1. The molecule has 2 heterocycles. The second-order valence-corrected chi connectivity index (χ2v) is 7.67. The Labute approximate surface area is 172 Å². The smallest absolute Gasteiger partial charge is 0.346 e. The van der Waals surface area contributed by atoms with Gasteiger partial charge >= 0.3 is 6.61 Å². The highest BCUT2D eigenvalue weighted by atomic mass is 35.5. The Morgan fingerprint density at radius 3 is 2.64 bits per heavy atom. The molecular weight excluding hydrogens is 415 g/mol. The van der Waals surface area contributed by atoms with Crippen LogP contribution < -0.4 is 10.6 Å². The van der Waals surface area contributed by atoms with Crippen molar-refractivity contribution >= 4 is 28.9 Å². The standard InChI is InChI=1S/C18H23Cl2F2N3O3/c1-10-14(27-17(21)22)5-4-11(6-24-9-18(2,3)28-10)16(26)25-15-12(19)7-23-8-13(15)20/h4,7-8,14,16-17,24,26H,1,5-6,9H2,2-3H3,(H,23,25)/b11-4+. The van der Waals surface area contributed by atoms with E-state index < -0.39 is 24.5 Å². The maximum absolute atomic E-state index is 12.8. The normalized spacial score (nSPS) is 23.5. The molecule has 0 radical (unpaired) electrons.